The number of rotatable bonds is 9. The smallest absolute Gasteiger partial charge is 0.154 e. The zero-order chi connectivity index (χ0) is 25.5. The SMILES string of the molecule is COc1cc(/C=C/c2nc(NCCc3ccncc3)c3cc(-c4ccccc4)ccc3n2)cc(OC)c1. The molecule has 0 aliphatic rings. The Kier molecular flexibility index (Phi) is 7.36. The fourth-order valence-corrected chi connectivity index (χ4v) is 4.14. The molecule has 3 aromatic carbocycles. The van der Waals surface area contributed by atoms with Crippen molar-refractivity contribution in [1.29, 1.82) is 0 Å². The molecule has 0 fully saturated rings. The predicted molar refractivity (Wildman–Crippen MR) is 150 cm³/mol. The molecule has 0 bridgehead atoms. The summed E-state index contributed by atoms with van der Waals surface area (Å²) in [4.78, 5) is 13.8. The summed E-state index contributed by atoms with van der Waals surface area (Å²) in [5, 5.41) is 4.53. The number of nitrogens with one attached hydrogen (secondary N) is 1. The van der Waals surface area contributed by atoms with E-state index >= 15 is 0 Å². The first kappa shape index (κ1) is 24.0. The lowest BCUT2D eigenvalue weighted by Crippen LogP contribution is -2.08. The number of ether oxygens (including phenoxy) is 2. The van der Waals surface area contributed by atoms with Gasteiger partial charge in [0.15, 0.2) is 5.82 Å². The Labute approximate surface area is 216 Å². The Balaban J connectivity index is 1.49. The Hall–Kier alpha value is -4.71. The van der Waals surface area contributed by atoms with Crippen molar-refractivity contribution in [2.24, 2.45) is 0 Å². The van der Waals surface area contributed by atoms with E-state index in [9.17, 15) is 0 Å². The maximum absolute atomic E-state index is 5.40. The first-order valence-electron chi connectivity index (χ1n) is 12.1. The third-order valence-electron chi connectivity index (χ3n) is 6.07. The Morgan fingerprint density at radius 2 is 1.51 bits per heavy atom. The molecule has 0 saturated carbocycles. The van der Waals surface area contributed by atoms with Crippen molar-refractivity contribution in [3.63, 3.8) is 0 Å². The number of aromatic nitrogens is 3. The molecule has 0 aliphatic heterocycles. The first-order chi connectivity index (χ1) is 18.2. The summed E-state index contributed by atoms with van der Waals surface area (Å²) >= 11 is 0. The molecule has 1 N–H and O–H groups in total. The highest BCUT2D eigenvalue weighted by atomic mass is 16.5. The second-order valence-corrected chi connectivity index (χ2v) is 8.54. The molecule has 37 heavy (non-hydrogen) atoms. The molecule has 0 spiro atoms. The molecule has 2 aromatic heterocycles. The summed E-state index contributed by atoms with van der Waals surface area (Å²) < 4.78 is 10.8. The number of methoxy groups -OCH3 is 2. The van der Waals surface area contributed by atoms with Gasteiger partial charge < -0.3 is 14.8 Å². The fourth-order valence-electron chi connectivity index (χ4n) is 4.14. The van der Waals surface area contributed by atoms with E-state index in [1.807, 2.05) is 73.1 Å². The number of fused-ring (bicyclic) bond motifs is 1. The molecule has 6 nitrogen and oxygen atoms in total. The molecule has 2 heterocycles. The normalized spacial score (nSPS) is 11.1. The van der Waals surface area contributed by atoms with E-state index in [0.717, 1.165) is 57.9 Å². The molecule has 6 heteroatoms. The minimum Gasteiger partial charge on any atom is -0.497 e. The van der Waals surface area contributed by atoms with Gasteiger partial charge >= 0.3 is 0 Å². The van der Waals surface area contributed by atoms with Crippen LogP contribution < -0.4 is 14.8 Å². The molecule has 0 radical (unpaired) electrons. The highest BCUT2D eigenvalue weighted by molar-refractivity contribution is 5.93. The zero-order valence-electron chi connectivity index (χ0n) is 20.9. The number of nitrogens with zero attached hydrogens (tertiary/aromatic N) is 3. The van der Waals surface area contributed by atoms with Crippen molar-refractivity contribution in [3.8, 4) is 22.6 Å². The Bertz CT molecular complexity index is 1500. The lowest BCUT2D eigenvalue weighted by Gasteiger charge is -2.12. The monoisotopic (exact) mass is 488 g/mol. The highest BCUT2D eigenvalue weighted by Gasteiger charge is 2.09. The third-order valence-corrected chi connectivity index (χ3v) is 6.07. The van der Waals surface area contributed by atoms with Crippen LogP contribution in [-0.4, -0.2) is 35.7 Å². The summed E-state index contributed by atoms with van der Waals surface area (Å²) in [6.07, 6.45) is 8.37. The van der Waals surface area contributed by atoms with Crippen LogP contribution in [0.2, 0.25) is 0 Å². The number of pyridine rings is 1. The maximum atomic E-state index is 5.40. The van der Waals surface area contributed by atoms with E-state index < -0.39 is 0 Å². The zero-order valence-corrected chi connectivity index (χ0v) is 20.9. The van der Waals surface area contributed by atoms with Gasteiger partial charge in [0.05, 0.1) is 19.7 Å². The van der Waals surface area contributed by atoms with Crippen LogP contribution >= 0.6 is 0 Å². The fraction of sp³-hybridized carbons (Fsp3) is 0.129. The molecular weight excluding hydrogens is 460 g/mol. The van der Waals surface area contributed by atoms with Crippen LogP contribution in [0.3, 0.4) is 0 Å². The molecule has 5 aromatic rings. The molecule has 0 amide bonds. The minimum atomic E-state index is 0.619. The summed E-state index contributed by atoms with van der Waals surface area (Å²) in [6.45, 7) is 0.738. The van der Waals surface area contributed by atoms with Crippen molar-refractivity contribution < 1.29 is 9.47 Å². The standard InChI is InChI=1S/C31H28N4O2/c1-36-26-18-23(19-27(21-26)37-2)8-11-30-34-29-10-9-25(24-6-4-3-5-7-24)20-28(29)31(35-30)33-17-14-22-12-15-32-16-13-22/h3-13,15-16,18-21H,14,17H2,1-2H3,(H,33,34,35)/b11-8+. The maximum Gasteiger partial charge on any atom is 0.154 e. The second kappa shape index (κ2) is 11.4. The van der Waals surface area contributed by atoms with E-state index in [-0.39, 0.29) is 0 Å². The summed E-state index contributed by atoms with van der Waals surface area (Å²) in [7, 11) is 3.28. The quantitative estimate of drug-likeness (QED) is 0.254. The number of anilines is 1. The lowest BCUT2D eigenvalue weighted by molar-refractivity contribution is 0.394. The van der Waals surface area contributed by atoms with Crippen LogP contribution in [0.4, 0.5) is 5.82 Å². The van der Waals surface area contributed by atoms with Crippen LogP contribution in [0, 0.1) is 0 Å². The molecule has 5 rings (SSSR count). The summed E-state index contributed by atoms with van der Waals surface area (Å²) in [5.74, 6) is 2.88. The number of hydrogen-bond acceptors (Lipinski definition) is 6. The van der Waals surface area contributed by atoms with Crippen LogP contribution in [-0.2, 0) is 6.42 Å². The van der Waals surface area contributed by atoms with Crippen molar-refractivity contribution in [2.45, 2.75) is 6.42 Å². The second-order valence-electron chi connectivity index (χ2n) is 8.54. The van der Waals surface area contributed by atoms with Gasteiger partial charge in [-0.2, -0.15) is 0 Å². The molecule has 0 aliphatic carbocycles. The Morgan fingerprint density at radius 3 is 2.24 bits per heavy atom. The van der Waals surface area contributed by atoms with Crippen LogP contribution in [0.5, 0.6) is 11.5 Å². The van der Waals surface area contributed by atoms with Crippen LogP contribution in [0.25, 0.3) is 34.2 Å². The largest absolute Gasteiger partial charge is 0.497 e. The van der Waals surface area contributed by atoms with E-state index in [1.54, 1.807) is 14.2 Å². The van der Waals surface area contributed by atoms with Gasteiger partial charge in [0.1, 0.15) is 17.3 Å². The van der Waals surface area contributed by atoms with Gasteiger partial charge in [-0.3, -0.25) is 4.98 Å². The molecule has 0 unspecified atom stereocenters. The van der Waals surface area contributed by atoms with Gasteiger partial charge in [0.25, 0.3) is 0 Å². The van der Waals surface area contributed by atoms with Gasteiger partial charge in [0.2, 0.25) is 0 Å². The van der Waals surface area contributed by atoms with Gasteiger partial charge in [0, 0.05) is 30.4 Å². The predicted octanol–water partition coefficient (Wildman–Crippen LogP) is 6.53. The summed E-state index contributed by atoms with van der Waals surface area (Å²) in [6, 6.07) is 26.4. The van der Waals surface area contributed by atoms with Crippen LogP contribution in [0.15, 0.2) is 91.3 Å². The van der Waals surface area contributed by atoms with Crippen LogP contribution in [0.1, 0.15) is 17.0 Å². The van der Waals surface area contributed by atoms with Crippen molar-refractivity contribution in [3.05, 3.63) is 108 Å². The van der Waals surface area contributed by atoms with E-state index in [0.29, 0.717) is 5.82 Å². The van der Waals surface area contributed by atoms with E-state index in [4.69, 9.17) is 19.4 Å². The average molecular weight is 489 g/mol. The van der Waals surface area contributed by atoms with Gasteiger partial charge in [-0.25, -0.2) is 9.97 Å². The van der Waals surface area contributed by atoms with Gasteiger partial charge in [-0.15, -0.1) is 0 Å². The van der Waals surface area contributed by atoms with Gasteiger partial charge in [-0.05, 0) is 71.1 Å². The molecule has 0 saturated heterocycles. The van der Waals surface area contributed by atoms with Gasteiger partial charge in [-0.1, -0.05) is 42.5 Å². The summed E-state index contributed by atoms with van der Waals surface area (Å²) in [5.41, 5.74) is 5.32. The average Bonchev–Trinajstić information content (AvgIpc) is 2.96. The van der Waals surface area contributed by atoms with Crippen molar-refractivity contribution in [1.82, 2.24) is 15.0 Å². The molecule has 184 valence electrons. The number of benzene rings is 3. The third kappa shape index (κ3) is 5.93. The lowest BCUT2D eigenvalue weighted by atomic mass is 10.0. The van der Waals surface area contributed by atoms with E-state index in [1.165, 1.54) is 5.56 Å². The number of hydrogen-bond donors (Lipinski definition) is 1. The minimum absolute atomic E-state index is 0.619. The molecule has 0 atom stereocenters. The topological polar surface area (TPSA) is 69.2 Å². The highest BCUT2D eigenvalue weighted by Crippen LogP contribution is 2.28. The van der Waals surface area contributed by atoms with Crippen molar-refractivity contribution >= 4 is 28.9 Å². The van der Waals surface area contributed by atoms with Crippen molar-refractivity contribution in [2.75, 3.05) is 26.1 Å². The first-order valence-corrected chi connectivity index (χ1v) is 12.1. The Morgan fingerprint density at radius 1 is 0.757 bits per heavy atom. The van der Waals surface area contributed by atoms with E-state index in [2.05, 4.69) is 40.6 Å². The molecular formula is C31H28N4O2.